The fraction of sp³-hybridized carbons (Fsp3) is 0.240. The number of aromatic nitrogens is 4. The first-order valence-corrected chi connectivity index (χ1v) is 11.6. The van der Waals surface area contributed by atoms with Crippen LogP contribution in [0, 0.1) is 0 Å². The lowest BCUT2D eigenvalue weighted by Gasteiger charge is -2.28. The Morgan fingerprint density at radius 2 is 1.89 bits per heavy atom. The summed E-state index contributed by atoms with van der Waals surface area (Å²) in [4.78, 5) is 32.2. The number of hydrogen-bond acceptors (Lipinski definition) is 7. The second-order valence-electron chi connectivity index (χ2n) is 8.55. The fourth-order valence-corrected chi connectivity index (χ4v) is 4.46. The van der Waals surface area contributed by atoms with E-state index in [0.717, 1.165) is 23.4 Å². The lowest BCUT2D eigenvalue weighted by atomic mass is 10.0. The van der Waals surface area contributed by atoms with Gasteiger partial charge in [0.25, 0.3) is 5.91 Å². The normalized spacial score (nSPS) is 14.0. The third-order valence-electron chi connectivity index (χ3n) is 6.22. The number of rotatable bonds is 5. The number of carbonyl (C=O) groups is 1. The van der Waals surface area contributed by atoms with Gasteiger partial charge in [-0.25, -0.2) is 15.0 Å². The highest BCUT2D eigenvalue weighted by atomic mass is 35.5. The van der Waals surface area contributed by atoms with Crippen molar-refractivity contribution in [2.45, 2.75) is 38.9 Å². The number of pyridine rings is 2. The van der Waals surface area contributed by atoms with Crippen molar-refractivity contribution in [1.82, 2.24) is 24.8 Å². The van der Waals surface area contributed by atoms with Gasteiger partial charge in [0.2, 0.25) is 0 Å². The molecule has 0 saturated heterocycles. The molecule has 0 spiro atoms. The van der Waals surface area contributed by atoms with Gasteiger partial charge in [0.1, 0.15) is 11.6 Å². The molecule has 190 valence electrons. The Labute approximate surface area is 214 Å². The maximum Gasteiger partial charge on any atom is 0.417 e. The number of nitrogens with two attached hydrogens (primary N) is 1. The van der Waals surface area contributed by atoms with Crippen molar-refractivity contribution in [1.29, 1.82) is 0 Å². The molecule has 37 heavy (non-hydrogen) atoms. The highest BCUT2D eigenvalue weighted by Crippen LogP contribution is 2.35. The minimum absolute atomic E-state index is 0.105. The number of fused-ring (bicyclic) bond motifs is 3. The smallest absolute Gasteiger partial charge is 0.383 e. The van der Waals surface area contributed by atoms with Crippen molar-refractivity contribution in [3.63, 3.8) is 0 Å². The molecule has 4 aromatic rings. The number of alkyl halides is 3. The van der Waals surface area contributed by atoms with Crippen LogP contribution in [0.3, 0.4) is 0 Å². The largest absolute Gasteiger partial charge is 0.417 e. The van der Waals surface area contributed by atoms with E-state index in [9.17, 15) is 18.0 Å². The van der Waals surface area contributed by atoms with Crippen LogP contribution in [0.1, 0.15) is 51.5 Å². The maximum absolute atomic E-state index is 13.9. The lowest BCUT2D eigenvalue weighted by molar-refractivity contribution is -0.137. The standard InChI is InChI=1S/C25H20ClF3N6O2/c1-13(23-31-5-2-6-32-23)35(10-15-4-3-14(9-33-15)25(27,28)29)24(36)17-7-16-18-11-37-12-19(18)22(30)34-21(16)8-20(17)26/h2-9,13H,10-12H2,1H3,(H2,30,34). The molecule has 1 unspecified atom stereocenters. The first-order chi connectivity index (χ1) is 17.6. The Morgan fingerprint density at radius 1 is 1.16 bits per heavy atom. The second-order valence-corrected chi connectivity index (χ2v) is 8.96. The summed E-state index contributed by atoms with van der Waals surface area (Å²) in [6.45, 7) is 2.26. The zero-order valence-corrected chi connectivity index (χ0v) is 20.2. The third-order valence-corrected chi connectivity index (χ3v) is 6.53. The number of halogens is 4. The zero-order valence-electron chi connectivity index (χ0n) is 19.5. The third kappa shape index (κ3) is 4.79. The monoisotopic (exact) mass is 528 g/mol. The summed E-state index contributed by atoms with van der Waals surface area (Å²) < 4.78 is 44.6. The Morgan fingerprint density at radius 3 is 2.57 bits per heavy atom. The van der Waals surface area contributed by atoms with Crippen molar-refractivity contribution >= 4 is 34.2 Å². The minimum Gasteiger partial charge on any atom is -0.383 e. The zero-order chi connectivity index (χ0) is 26.3. The van der Waals surface area contributed by atoms with Crippen molar-refractivity contribution in [2.75, 3.05) is 5.73 Å². The Bertz CT molecular complexity index is 1480. The van der Waals surface area contributed by atoms with Crippen LogP contribution in [0.5, 0.6) is 0 Å². The van der Waals surface area contributed by atoms with Gasteiger partial charge in [0, 0.05) is 29.5 Å². The van der Waals surface area contributed by atoms with Crippen LogP contribution < -0.4 is 5.73 Å². The molecule has 0 aliphatic carbocycles. The quantitative estimate of drug-likeness (QED) is 0.383. The maximum atomic E-state index is 13.9. The SMILES string of the molecule is CC(c1ncccn1)N(Cc1ccc(C(F)(F)F)cn1)C(=O)c1cc2c3c(c(N)nc2cc1Cl)COC3. The Hall–Kier alpha value is -3.83. The van der Waals surface area contributed by atoms with Gasteiger partial charge in [-0.05, 0) is 42.8 Å². The molecule has 5 rings (SSSR count). The average Bonchev–Trinajstić information content (AvgIpc) is 3.38. The highest BCUT2D eigenvalue weighted by Gasteiger charge is 2.32. The first kappa shape index (κ1) is 24.8. The summed E-state index contributed by atoms with van der Waals surface area (Å²) in [6.07, 6.45) is -0.698. The van der Waals surface area contributed by atoms with E-state index in [-0.39, 0.29) is 22.8 Å². The number of carbonyl (C=O) groups excluding carboxylic acids is 1. The molecule has 0 fully saturated rings. The van der Waals surface area contributed by atoms with Crippen LogP contribution in [-0.4, -0.2) is 30.7 Å². The topological polar surface area (TPSA) is 107 Å². The van der Waals surface area contributed by atoms with E-state index in [4.69, 9.17) is 22.1 Å². The number of hydrogen-bond donors (Lipinski definition) is 1. The van der Waals surface area contributed by atoms with Crippen LogP contribution in [0.25, 0.3) is 10.9 Å². The van der Waals surface area contributed by atoms with Crippen LogP contribution in [0.2, 0.25) is 5.02 Å². The van der Waals surface area contributed by atoms with Crippen molar-refractivity contribution in [2.24, 2.45) is 0 Å². The van der Waals surface area contributed by atoms with Gasteiger partial charge in [-0.1, -0.05) is 11.6 Å². The molecule has 1 amide bonds. The van der Waals surface area contributed by atoms with Crippen LogP contribution >= 0.6 is 11.6 Å². The predicted molar refractivity (Wildman–Crippen MR) is 129 cm³/mol. The molecular formula is C25H20ClF3N6O2. The average molecular weight is 529 g/mol. The first-order valence-electron chi connectivity index (χ1n) is 11.2. The van der Waals surface area contributed by atoms with Crippen LogP contribution in [0.15, 0.2) is 48.9 Å². The molecule has 1 aliphatic rings. The van der Waals surface area contributed by atoms with E-state index >= 15 is 0 Å². The number of amides is 1. The summed E-state index contributed by atoms with van der Waals surface area (Å²) in [5, 5.41) is 0.834. The fourth-order valence-electron chi connectivity index (χ4n) is 4.22. The summed E-state index contributed by atoms with van der Waals surface area (Å²) in [7, 11) is 0. The Balaban J connectivity index is 1.56. The van der Waals surface area contributed by atoms with E-state index in [1.165, 1.54) is 11.0 Å². The Kier molecular flexibility index (Phi) is 6.42. The number of benzene rings is 1. The molecule has 4 heterocycles. The highest BCUT2D eigenvalue weighted by molar-refractivity contribution is 6.34. The van der Waals surface area contributed by atoms with Crippen molar-refractivity contribution in [3.05, 3.63) is 87.7 Å². The number of anilines is 1. The summed E-state index contributed by atoms with van der Waals surface area (Å²) in [5.74, 6) is 0.224. The van der Waals surface area contributed by atoms with E-state index in [1.54, 1.807) is 37.5 Å². The predicted octanol–water partition coefficient (Wildman–Crippen LogP) is 5.11. The number of nitrogens with zero attached hydrogens (tertiary/aromatic N) is 5. The van der Waals surface area contributed by atoms with E-state index in [0.29, 0.717) is 35.8 Å². The van der Waals surface area contributed by atoms with Crippen molar-refractivity contribution < 1.29 is 22.7 Å². The molecule has 1 atom stereocenters. The van der Waals surface area contributed by atoms with Gasteiger partial charge in [-0.15, -0.1) is 0 Å². The van der Waals surface area contributed by atoms with Gasteiger partial charge in [0.15, 0.2) is 0 Å². The lowest BCUT2D eigenvalue weighted by Crippen LogP contribution is -2.34. The van der Waals surface area contributed by atoms with Gasteiger partial charge < -0.3 is 15.4 Å². The molecule has 8 nitrogen and oxygen atoms in total. The molecule has 0 saturated carbocycles. The molecule has 2 N–H and O–H groups in total. The minimum atomic E-state index is -4.52. The van der Waals surface area contributed by atoms with E-state index in [2.05, 4.69) is 19.9 Å². The summed E-state index contributed by atoms with van der Waals surface area (Å²) in [6, 6.07) is 6.37. The molecule has 12 heteroatoms. The van der Waals surface area contributed by atoms with Gasteiger partial charge in [-0.3, -0.25) is 9.78 Å². The molecule has 3 aromatic heterocycles. The summed E-state index contributed by atoms with van der Waals surface area (Å²) >= 11 is 6.54. The summed E-state index contributed by atoms with van der Waals surface area (Å²) in [5.41, 5.74) is 7.75. The molecular weight excluding hydrogens is 509 g/mol. The van der Waals surface area contributed by atoms with Gasteiger partial charge in [0.05, 0.1) is 53.2 Å². The van der Waals surface area contributed by atoms with Crippen molar-refractivity contribution in [3.8, 4) is 0 Å². The number of ether oxygens (including phenoxy) is 1. The number of nitrogen functional groups attached to an aromatic ring is 1. The van der Waals surface area contributed by atoms with Gasteiger partial charge in [-0.2, -0.15) is 13.2 Å². The van der Waals surface area contributed by atoms with Crippen LogP contribution in [-0.2, 0) is 30.7 Å². The molecule has 0 radical (unpaired) electrons. The van der Waals surface area contributed by atoms with Gasteiger partial charge >= 0.3 is 6.18 Å². The molecule has 1 aromatic carbocycles. The molecule has 0 bridgehead atoms. The second kappa shape index (κ2) is 9.56. The van der Waals surface area contributed by atoms with Crippen LogP contribution in [0.4, 0.5) is 19.0 Å². The molecule has 1 aliphatic heterocycles. The van der Waals surface area contributed by atoms with E-state index < -0.39 is 23.7 Å². The van der Waals surface area contributed by atoms with E-state index in [1.807, 2.05) is 0 Å².